The van der Waals surface area contributed by atoms with Crippen molar-refractivity contribution in [2.75, 3.05) is 4.90 Å². The highest BCUT2D eigenvalue weighted by Gasteiger charge is 2.37. The molecule has 0 aliphatic heterocycles. The molecule has 0 saturated carbocycles. The van der Waals surface area contributed by atoms with Gasteiger partial charge in [-0.05, 0) is 96.4 Å². The van der Waals surface area contributed by atoms with Crippen LogP contribution in [-0.4, -0.2) is 61.7 Å². The number of anilines is 1. The summed E-state index contributed by atoms with van der Waals surface area (Å²) in [4.78, 5) is 41.8. The second-order valence-corrected chi connectivity index (χ2v) is 20.6. The first-order valence-corrected chi connectivity index (χ1v) is 19.6. The second-order valence-electron chi connectivity index (χ2n) is 15.8. The summed E-state index contributed by atoms with van der Waals surface area (Å²) >= 11 is 0. The molecule has 0 saturated heterocycles. The van der Waals surface area contributed by atoms with Crippen molar-refractivity contribution in [2.45, 2.75) is 112 Å². The number of rotatable bonds is 8. The molecule has 0 radical (unpaired) electrons. The van der Waals surface area contributed by atoms with Crippen molar-refractivity contribution < 1.29 is 23.5 Å². The molecule has 0 aliphatic rings. The minimum Gasteiger partial charge on any atom is -0.443 e. The summed E-state index contributed by atoms with van der Waals surface area (Å²) < 4.78 is 19.2. The Morgan fingerprint density at radius 3 is 2.02 bits per heavy atom. The van der Waals surface area contributed by atoms with Crippen LogP contribution in [0.1, 0.15) is 84.8 Å². The van der Waals surface area contributed by atoms with Gasteiger partial charge in [0.05, 0.1) is 53.8 Å². The minimum absolute atomic E-state index is 0.0799. The minimum atomic E-state index is -1.96. The topological polar surface area (TPSA) is 158 Å². The fourth-order valence-electron chi connectivity index (χ4n) is 4.52. The van der Waals surface area contributed by atoms with Crippen molar-refractivity contribution >= 4 is 26.5 Å². The van der Waals surface area contributed by atoms with Gasteiger partial charge in [0.1, 0.15) is 16.9 Å². The Morgan fingerprint density at radius 2 is 1.43 bits per heavy atom. The Hall–Kier alpha value is -5.00. The molecule has 13 nitrogen and oxygen atoms in total. The van der Waals surface area contributed by atoms with E-state index in [0.29, 0.717) is 46.1 Å². The van der Waals surface area contributed by atoms with Gasteiger partial charge in [0.2, 0.25) is 5.95 Å². The van der Waals surface area contributed by atoms with Gasteiger partial charge in [-0.1, -0.05) is 44.2 Å². The molecule has 270 valence electrons. The molecule has 3 heterocycles. The molecule has 51 heavy (non-hydrogen) atoms. The molecular weight excluding hydrogens is 665 g/mol. The van der Waals surface area contributed by atoms with Crippen LogP contribution in [0.15, 0.2) is 48.7 Å². The van der Waals surface area contributed by atoms with Gasteiger partial charge < -0.3 is 13.9 Å². The van der Waals surface area contributed by atoms with Crippen LogP contribution in [-0.2, 0) is 27.1 Å². The monoisotopic (exact) mass is 712 g/mol. The average molecular weight is 713 g/mol. The molecular formula is C37H48N8O5Si. The fourth-order valence-corrected chi connectivity index (χ4v) is 5.46. The molecule has 2 amide bonds. The lowest BCUT2D eigenvalue weighted by Crippen LogP contribution is -2.44. The zero-order valence-electron chi connectivity index (χ0n) is 31.7. The summed E-state index contributed by atoms with van der Waals surface area (Å²) in [5.41, 5.74) is 2.35. The maximum Gasteiger partial charge on any atom is 0.427 e. The van der Waals surface area contributed by atoms with E-state index < -0.39 is 31.7 Å². The van der Waals surface area contributed by atoms with Crippen molar-refractivity contribution in [1.29, 1.82) is 5.26 Å². The summed E-state index contributed by atoms with van der Waals surface area (Å²) in [7, 11) is -1.96. The molecule has 14 heteroatoms. The Balaban J connectivity index is 1.77. The van der Waals surface area contributed by atoms with Crippen molar-refractivity contribution in [1.82, 2.24) is 29.9 Å². The third-order valence-corrected chi connectivity index (χ3v) is 12.7. The van der Waals surface area contributed by atoms with Crippen molar-refractivity contribution in [3.8, 4) is 28.7 Å². The van der Waals surface area contributed by atoms with E-state index in [1.165, 1.54) is 0 Å². The van der Waals surface area contributed by atoms with E-state index in [-0.39, 0.29) is 16.7 Å². The Morgan fingerprint density at radius 1 is 0.843 bits per heavy atom. The number of amides is 2. The largest absolute Gasteiger partial charge is 0.443 e. The molecule has 4 aromatic rings. The summed E-state index contributed by atoms with van der Waals surface area (Å²) in [6, 6.07) is 14.9. The number of imide groups is 1. The molecule has 3 aromatic heterocycles. The smallest absolute Gasteiger partial charge is 0.427 e. The summed E-state index contributed by atoms with van der Waals surface area (Å²) in [6.07, 6.45) is -0.343. The first kappa shape index (κ1) is 38.8. The fraction of sp³-hybridized carbons (Fsp3) is 0.459. The van der Waals surface area contributed by atoms with Crippen LogP contribution in [0, 0.1) is 18.3 Å². The Bertz CT molecular complexity index is 1920. The van der Waals surface area contributed by atoms with Crippen molar-refractivity contribution in [3.05, 3.63) is 71.2 Å². The van der Waals surface area contributed by atoms with Crippen LogP contribution in [0.4, 0.5) is 15.5 Å². The Labute approximate surface area is 301 Å². The first-order chi connectivity index (χ1) is 23.6. The van der Waals surface area contributed by atoms with Crippen molar-refractivity contribution in [2.24, 2.45) is 0 Å². The lowest BCUT2D eigenvalue weighted by molar-refractivity contribution is 0.0427. The number of nitrogens with zero attached hydrogens (tertiary/aromatic N) is 8. The normalized spacial score (nSPS) is 12.3. The third kappa shape index (κ3) is 10.0. The van der Waals surface area contributed by atoms with Gasteiger partial charge in [0, 0.05) is 5.56 Å². The summed E-state index contributed by atoms with van der Waals surface area (Å²) in [5.74, 6) is -0.293. The van der Waals surface area contributed by atoms with Gasteiger partial charge in [-0.2, -0.15) is 5.26 Å². The predicted molar refractivity (Wildman–Crippen MR) is 196 cm³/mol. The molecule has 0 bridgehead atoms. The number of benzene rings is 1. The van der Waals surface area contributed by atoms with Crippen LogP contribution < -0.4 is 4.90 Å². The maximum atomic E-state index is 13.6. The number of nitriles is 1. The zero-order chi connectivity index (χ0) is 37.9. The SMILES string of the molecule is Cc1c(C#N)cccc1-c1cc(-c2cn(Cc3cccc(CO[Si](C)(C)C(C)(C)C)n3)nn2)nc(N(C(=O)OC(C)(C)C)C(=O)OC(C)(C)C)n1. The third-order valence-electron chi connectivity index (χ3n) is 8.17. The lowest BCUT2D eigenvalue weighted by atomic mass is 10.00. The molecule has 0 aliphatic carbocycles. The number of pyridine rings is 1. The summed E-state index contributed by atoms with van der Waals surface area (Å²) in [6.45, 7) is 23.6. The van der Waals surface area contributed by atoms with Gasteiger partial charge in [-0.3, -0.25) is 4.98 Å². The first-order valence-electron chi connectivity index (χ1n) is 16.7. The molecule has 1 aromatic carbocycles. The van der Waals surface area contributed by atoms with Gasteiger partial charge in [-0.25, -0.2) is 24.2 Å². The highest BCUT2D eigenvalue weighted by molar-refractivity contribution is 6.74. The molecule has 0 atom stereocenters. The molecule has 0 fully saturated rings. The van der Waals surface area contributed by atoms with Crippen LogP contribution in [0.2, 0.25) is 18.1 Å². The van der Waals surface area contributed by atoms with Crippen LogP contribution in [0.3, 0.4) is 0 Å². The Kier molecular flexibility index (Phi) is 11.2. The van der Waals surface area contributed by atoms with E-state index in [9.17, 15) is 14.9 Å². The summed E-state index contributed by atoms with van der Waals surface area (Å²) in [5, 5.41) is 18.5. The van der Waals surface area contributed by atoms with E-state index >= 15 is 0 Å². The van der Waals surface area contributed by atoms with Gasteiger partial charge in [0.15, 0.2) is 8.32 Å². The van der Waals surface area contributed by atoms with E-state index in [2.05, 4.69) is 60.2 Å². The molecule has 0 spiro atoms. The predicted octanol–water partition coefficient (Wildman–Crippen LogP) is 8.22. The van der Waals surface area contributed by atoms with Gasteiger partial charge in [-0.15, -0.1) is 10.00 Å². The molecule has 4 rings (SSSR count). The van der Waals surface area contributed by atoms with Gasteiger partial charge >= 0.3 is 12.2 Å². The van der Waals surface area contributed by atoms with E-state index in [1.807, 2.05) is 18.2 Å². The van der Waals surface area contributed by atoms with E-state index in [1.54, 1.807) is 83.6 Å². The highest BCUT2D eigenvalue weighted by atomic mass is 28.4. The van der Waals surface area contributed by atoms with Crippen LogP contribution in [0.5, 0.6) is 0 Å². The lowest BCUT2D eigenvalue weighted by Gasteiger charge is -2.36. The average Bonchev–Trinajstić information content (AvgIpc) is 3.46. The van der Waals surface area contributed by atoms with E-state index in [0.717, 1.165) is 11.4 Å². The number of hydrogen-bond acceptors (Lipinski definition) is 11. The van der Waals surface area contributed by atoms with Crippen molar-refractivity contribution in [3.63, 3.8) is 0 Å². The zero-order valence-corrected chi connectivity index (χ0v) is 32.7. The number of hydrogen-bond donors (Lipinski definition) is 0. The highest BCUT2D eigenvalue weighted by Crippen LogP contribution is 2.37. The number of ether oxygens (including phenoxy) is 2. The maximum absolute atomic E-state index is 13.6. The van der Waals surface area contributed by atoms with Crippen LogP contribution in [0.25, 0.3) is 22.6 Å². The van der Waals surface area contributed by atoms with Gasteiger partial charge in [0.25, 0.3) is 0 Å². The standard InChI is InChI=1S/C37H48N8O5Si/c1-24-25(20-38)15-13-18-28(24)29-19-30(41-32(40-29)45(33(46)49-35(2,3)4)34(47)50-36(5,6)7)31-22-44(43-42-31)21-26-16-14-17-27(39-26)23-48-51(11,12)37(8,9)10/h13-19,22H,21,23H2,1-12H3. The van der Waals surface area contributed by atoms with Crippen LogP contribution >= 0.6 is 0 Å². The number of carbonyl (C=O) groups excluding carboxylic acids is 2. The second kappa shape index (κ2) is 14.7. The molecule has 0 N–H and O–H groups in total. The number of aromatic nitrogens is 6. The molecule has 0 unspecified atom stereocenters. The quantitative estimate of drug-likeness (QED) is 0.162. The van der Waals surface area contributed by atoms with E-state index in [4.69, 9.17) is 18.9 Å². The number of carbonyl (C=O) groups is 2.